The molecular weight excluding hydrogens is 282 g/mol. The minimum Gasteiger partial charge on any atom is -0.337 e. The van der Waals surface area contributed by atoms with Gasteiger partial charge in [-0.15, -0.1) is 0 Å². The lowest BCUT2D eigenvalue weighted by molar-refractivity contribution is -0.384. The molecule has 0 aliphatic carbocycles. The van der Waals surface area contributed by atoms with Gasteiger partial charge in [-0.1, -0.05) is 11.6 Å². The summed E-state index contributed by atoms with van der Waals surface area (Å²) in [5.41, 5.74) is -0.0638. The van der Waals surface area contributed by atoms with Gasteiger partial charge in [0.15, 0.2) is 0 Å². The molecule has 1 atom stereocenters. The Morgan fingerprint density at radius 1 is 1.55 bits per heavy atom. The number of carbonyl (C=O) groups is 1. The van der Waals surface area contributed by atoms with Crippen LogP contribution in [0.1, 0.15) is 23.2 Å². The second-order valence-corrected chi connectivity index (χ2v) is 5.05. The van der Waals surface area contributed by atoms with E-state index in [1.54, 1.807) is 4.90 Å². The number of halogens is 1. The molecule has 6 nitrogen and oxygen atoms in total. The van der Waals surface area contributed by atoms with Crippen molar-refractivity contribution in [1.29, 1.82) is 5.26 Å². The van der Waals surface area contributed by atoms with E-state index in [9.17, 15) is 14.9 Å². The second-order valence-electron chi connectivity index (χ2n) is 4.64. The fourth-order valence-corrected chi connectivity index (χ4v) is 2.42. The largest absolute Gasteiger partial charge is 0.337 e. The molecule has 0 bridgehead atoms. The van der Waals surface area contributed by atoms with E-state index in [1.165, 1.54) is 18.2 Å². The van der Waals surface area contributed by atoms with Crippen LogP contribution < -0.4 is 0 Å². The fraction of sp³-hybridized carbons (Fsp3) is 0.385. The van der Waals surface area contributed by atoms with Gasteiger partial charge in [0.1, 0.15) is 5.02 Å². The molecule has 1 fully saturated rings. The van der Waals surface area contributed by atoms with Gasteiger partial charge in [0.25, 0.3) is 11.6 Å². The molecule has 0 spiro atoms. The Morgan fingerprint density at radius 3 is 2.95 bits per heavy atom. The van der Waals surface area contributed by atoms with Crippen molar-refractivity contribution >= 4 is 23.2 Å². The molecule has 0 saturated carbocycles. The zero-order valence-electron chi connectivity index (χ0n) is 10.6. The third-order valence-corrected chi connectivity index (χ3v) is 3.60. The van der Waals surface area contributed by atoms with Gasteiger partial charge >= 0.3 is 0 Å². The lowest BCUT2D eigenvalue weighted by Gasteiger charge is -2.29. The van der Waals surface area contributed by atoms with Crippen LogP contribution >= 0.6 is 11.6 Å². The van der Waals surface area contributed by atoms with Crippen LogP contribution in [0.3, 0.4) is 0 Å². The van der Waals surface area contributed by atoms with Crippen LogP contribution in [0.2, 0.25) is 5.02 Å². The number of nitro groups is 1. The minimum absolute atomic E-state index is 0.0000885. The number of carbonyl (C=O) groups excluding carboxylic acids is 1. The summed E-state index contributed by atoms with van der Waals surface area (Å²) in [4.78, 5) is 24.1. The number of hydrogen-bond donors (Lipinski definition) is 0. The summed E-state index contributed by atoms with van der Waals surface area (Å²) >= 11 is 5.72. The predicted octanol–water partition coefficient (Wildman–Crippen LogP) is 2.62. The first-order valence-corrected chi connectivity index (χ1v) is 6.53. The third kappa shape index (κ3) is 2.89. The number of nitrogens with zero attached hydrogens (tertiary/aromatic N) is 3. The Balaban J connectivity index is 2.23. The molecule has 1 aromatic carbocycles. The van der Waals surface area contributed by atoms with Crippen molar-refractivity contribution in [2.24, 2.45) is 5.92 Å². The summed E-state index contributed by atoms with van der Waals surface area (Å²) in [7, 11) is 0. The SMILES string of the molecule is N#CC1CCCN(C(=O)c2ccc(Cl)c([N+](=O)[O-])c2)C1. The highest BCUT2D eigenvalue weighted by Gasteiger charge is 2.25. The summed E-state index contributed by atoms with van der Waals surface area (Å²) in [6, 6.07) is 6.15. The van der Waals surface area contributed by atoms with Crippen LogP contribution in [0.4, 0.5) is 5.69 Å². The Bertz CT molecular complexity index is 597. The van der Waals surface area contributed by atoms with Gasteiger partial charge in [0, 0.05) is 24.7 Å². The van der Waals surface area contributed by atoms with E-state index < -0.39 is 4.92 Å². The van der Waals surface area contributed by atoms with E-state index in [-0.39, 0.29) is 28.1 Å². The number of nitro benzene ring substituents is 1. The van der Waals surface area contributed by atoms with Gasteiger partial charge in [-0.3, -0.25) is 14.9 Å². The highest BCUT2D eigenvalue weighted by Crippen LogP contribution is 2.26. The fourth-order valence-electron chi connectivity index (χ4n) is 2.24. The maximum Gasteiger partial charge on any atom is 0.288 e. The average molecular weight is 294 g/mol. The molecule has 1 heterocycles. The lowest BCUT2D eigenvalue weighted by Crippen LogP contribution is -2.39. The van der Waals surface area contributed by atoms with E-state index in [1.807, 2.05) is 0 Å². The summed E-state index contributed by atoms with van der Waals surface area (Å²) < 4.78 is 0. The smallest absolute Gasteiger partial charge is 0.288 e. The van der Waals surface area contributed by atoms with Crippen LogP contribution in [0.25, 0.3) is 0 Å². The molecule has 2 rings (SSSR count). The Kier molecular flexibility index (Phi) is 4.20. The maximum absolute atomic E-state index is 12.3. The molecule has 1 aliphatic rings. The van der Waals surface area contributed by atoms with Gasteiger partial charge < -0.3 is 4.90 Å². The first-order valence-electron chi connectivity index (χ1n) is 6.15. The summed E-state index contributed by atoms with van der Waals surface area (Å²) in [6.07, 6.45) is 1.54. The second kappa shape index (κ2) is 5.88. The van der Waals surface area contributed by atoms with Crippen LogP contribution in [0.15, 0.2) is 18.2 Å². The first-order chi connectivity index (χ1) is 9.52. The Labute approximate surface area is 120 Å². The van der Waals surface area contributed by atoms with Crippen molar-refractivity contribution in [3.8, 4) is 6.07 Å². The van der Waals surface area contributed by atoms with E-state index in [4.69, 9.17) is 16.9 Å². The van der Waals surface area contributed by atoms with E-state index >= 15 is 0 Å². The van der Waals surface area contributed by atoms with Gasteiger partial charge in [0.2, 0.25) is 0 Å². The van der Waals surface area contributed by atoms with E-state index in [2.05, 4.69) is 6.07 Å². The van der Waals surface area contributed by atoms with Crippen molar-refractivity contribution < 1.29 is 9.72 Å². The van der Waals surface area contributed by atoms with Crippen molar-refractivity contribution in [2.75, 3.05) is 13.1 Å². The van der Waals surface area contributed by atoms with Crippen LogP contribution in [0.5, 0.6) is 0 Å². The zero-order valence-corrected chi connectivity index (χ0v) is 11.3. The number of piperidine rings is 1. The summed E-state index contributed by atoms with van der Waals surface area (Å²) in [5.74, 6) is -0.472. The molecule has 1 aliphatic heterocycles. The number of rotatable bonds is 2. The van der Waals surface area contributed by atoms with Crippen LogP contribution in [-0.4, -0.2) is 28.8 Å². The number of nitriles is 1. The minimum atomic E-state index is -0.618. The lowest BCUT2D eigenvalue weighted by atomic mass is 9.99. The topological polar surface area (TPSA) is 87.2 Å². The standard InChI is InChI=1S/C13H12ClN3O3/c14-11-4-3-10(6-12(11)17(19)20)13(18)16-5-1-2-9(7-15)8-16/h3-4,6,9H,1-2,5,8H2. The van der Waals surface area contributed by atoms with Crippen LogP contribution in [0, 0.1) is 27.4 Å². The number of benzene rings is 1. The molecule has 1 amide bonds. The Morgan fingerprint density at radius 2 is 2.30 bits per heavy atom. The normalized spacial score (nSPS) is 18.4. The average Bonchev–Trinajstić information content (AvgIpc) is 2.46. The molecule has 104 valence electrons. The highest BCUT2D eigenvalue weighted by atomic mass is 35.5. The van der Waals surface area contributed by atoms with Crippen LogP contribution in [-0.2, 0) is 0 Å². The number of likely N-dealkylation sites (tertiary alicyclic amines) is 1. The molecule has 0 radical (unpaired) electrons. The first kappa shape index (κ1) is 14.3. The monoisotopic (exact) mass is 293 g/mol. The summed E-state index contributed by atoms with van der Waals surface area (Å²) in [6.45, 7) is 0.930. The summed E-state index contributed by atoms with van der Waals surface area (Å²) in [5, 5.41) is 19.7. The van der Waals surface area contributed by atoms with E-state index in [0.717, 1.165) is 12.8 Å². The third-order valence-electron chi connectivity index (χ3n) is 3.28. The molecule has 1 unspecified atom stereocenters. The quantitative estimate of drug-likeness (QED) is 0.619. The van der Waals surface area contributed by atoms with Gasteiger partial charge in [0.05, 0.1) is 16.9 Å². The zero-order chi connectivity index (χ0) is 14.7. The molecule has 7 heteroatoms. The van der Waals surface area contributed by atoms with Gasteiger partial charge in [-0.2, -0.15) is 5.26 Å². The molecule has 20 heavy (non-hydrogen) atoms. The maximum atomic E-state index is 12.3. The van der Waals surface area contributed by atoms with Gasteiger partial charge in [-0.05, 0) is 25.0 Å². The predicted molar refractivity (Wildman–Crippen MR) is 72.3 cm³/mol. The molecule has 1 aromatic rings. The highest BCUT2D eigenvalue weighted by molar-refractivity contribution is 6.32. The van der Waals surface area contributed by atoms with E-state index in [0.29, 0.717) is 13.1 Å². The van der Waals surface area contributed by atoms with Crippen molar-refractivity contribution in [1.82, 2.24) is 4.90 Å². The molecule has 1 saturated heterocycles. The molecular formula is C13H12ClN3O3. The number of amides is 1. The molecule has 0 aromatic heterocycles. The Hall–Kier alpha value is -2.13. The van der Waals surface area contributed by atoms with Gasteiger partial charge in [-0.25, -0.2) is 0 Å². The number of hydrogen-bond acceptors (Lipinski definition) is 4. The van der Waals surface area contributed by atoms with Crippen molar-refractivity contribution in [3.63, 3.8) is 0 Å². The van der Waals surface area contributed by atoms with Crippen molar-refractivity contribution in [2.45, 2.75) is 12.8 Å². The van der Waals surface area contributed by atoms with Crippen molar-refractivity contribution in [3.05, 3.63) is 38.9 Å². The molecule has 0 N–H and O–H groups in total.